The third-order valence-corrected chi connectivity index (χ3v) is 3.90. The van der Waals surface area contributed by atoms with Gasteiger partial charge in [0.05, 0.1) is 6.61 Å². The molecule has 0 radical (unpaired) electrons. The lowest BCUT2D eigenvalue weighted by atomic mass is 10.1. The number of esters is 1. The van der Waals surface area contributed by atoms with Gasteiger partial charge in [-0.25, -0.2) is 0 Å². The van der Waals surface area contributed by atoms with Crippen LogP contribution in [-0.2, 0) is 14.3 Å². The number of ketones is 1. The predicted octanol–water partition coefficient (Wildman–Crippen LogP) is 3.87. The molecule has 0 saturated heterocycles. The number of hydrogen-bond acceptors (Lipinski definition) is 5. The zero-order valence-electron chi connectivity index (χ0n) is 16.1. The first-order valence-corrected chi connectivity index (χ1v) is 9.23. The van der Waals surface area contributed by atoms with Gasteiger partial charge in [-0.2, -0.15) is 0 Å². The Labute approximate surface area is 164 Å². The molecule has 0 atom stereocenters. The van der Waals surface area contributed by atoms with Gasteiger partial charge in [0.25, 0.3) is 0 Å². The normalized spacial score (nSPS) is 10.4. The van der Waals surface area contributed by atoms with E-state index in [-0.39, 0.29) is 30.6 Å². The summed E-state index contributed by atoms with van der Waals surface area (Å²) in [6, 6.07) is 15.8. The minimum absolute atomic E-state index is 0.0933. The van der Waals surface area contributed by atoms with Crippen molar-refractivity contribution in [3.8, 4) is 5.75 Å². The molecule has 0 aliphatic heterocycles. The van der Waals surface area contributed by atoms with E-state index in [1.165, 1.54) is 0 Å². The number of rotatable bonds is 10. The zero-order valence-corrected chi connectivity index (χ0v) is 16.1. The Balaban J connectivity index is 1.68. The third-order valence-electron chi connectivity index (χ3n) is 3.90. The van der Waals surface area contributed by atoms with Crippen LogP contribution in [0.5, 0.6) is 5.75 Å². The Morgan fingerprint density at radius 3 is 2.29 bits per heavy atom. The standard InChI is InChI=1S/C22H25NO5/c1-16(2)22(26)23-18-12-10-17(11-13-18)20(24)15-28-21(25)9-6-14-27-19-7-4-3-5-8-19/h3-5,7-8,10-13,16H,6,9,14-15H2,1-2H3,(H,23,26). The van der Waals surface area contributed by atoms with Gasteiger partial charge in [0.1, 0.15) is 5.75 Å². The molecule has 1 N–H and O–H groups in total. The van der Waals surface area contributed by atoms with E-state index in [1.54, 1.807) is 38.1 Å². The molecule has 2 rings (SSSR count). The van der Waals surface area contributed by atoms with Gasteiger partial charge in [0, 0.05) is 23.6 Å². The van der Waals surface area contributed by atoms with E-state index in [0.717, 1.165) is 5.75 Å². The minimum Gasteiger partial charge on any atom is -0.494 e. The van der Waals surface area contributed by atoms with Gasteiger partial charge in [-0.15, -0.1) is 0 Å². The van der Waals surface area contributed by atoms with E-state index >= 15 is 0 Å². The topological polar surface area (TPSA) is 81.7 Å². The Kier molecular flexibility index (Phi) is 8.21. The maximum absolute atomic E-state index is 12.1. The molecule has 6 nitrogen and oxygen atoms in total. The van der Waals surface area contributed by atoms with Gasteiger partial charge in [0.15, 0.2) is 12.4 Å². The number of hydrogen-bond donors (Lipinski definition) is 1. The molecule has 148 valence electrons. The van der Waals surface area contributed by atoms with Crippen molar-refractivity contribution in [1.29, 1.82) is 0 Å². The van der Waals surface area contributed by atoms with Crippen LogP contribution in [0.1, 0.15) is 37.0 Å². The SMILES string of the molecule is CC(C)C(=O)Nc1ccc(C(=O)COC(=O)CCCOc2ccccc2)cc1. The van der Waals surface area contributed by atoms with E-state index in [9.17, 15) is 14.4 Å². The van der Waals surface area contributed by atoms with Crippen molar-refractivity contribution in [2.45, 2.75) is 26.7 Å². The monoisotopic (exact) mass is 383 g/mol. The van der Waals surface area contributed by atoms with Crippen LogP contribution in [0.2, 0.25) is 0 Å². The fourth-order valence-electron chi connectivity index (χ4n) is 2.25. The zero-order chi connectivity index (χ0) is 20.4. The number of para-hydroxylation sites is 1. The summed E-state index contributed by atoms with van der Waals surface area (Å²) < 4.78 is 10.5. The summed E-state index contributed by atoms with van der Waals surface area (Å²) in [4.78, 5) is 35.5. The number of amides is 1. The summed E-state index contributed by atoms with van der Waals surface area (Å²) in [5.41, 5.74) is 1.04. The molecular formula is C22H25NO5. The second-order valence-electron chi connectivity index (χ2n) is 6.57. The Morgan fingerprint density at radius 2 is 1.64 bits per heavy atom. The Morgan fingerprint density at radius 1 is 0.964 bits per heavy atom. The van der Waals surface area contributed by atoms with Crippen LogP contribution in [0.4, 0.5) is 5.69 Å². The molecule has 0 spiro atoms. The average Bonchev–Trinajstić information content (AvgIpc) is 2.70. The van der Waals surface area contributed by atoms with Crippen molar-refractivity contribution in [3.63, 3.8) is 0 Å². The van der Waals surface area contributed by atoms with Gasteiger partial charge in [-0.05, 0) is 42.8 Å². The molecule has 0 aromatic heterocycles. The van der Waals surface area contributed by atoms with Crippen LogP contribution in [0, 0.1) is 5.92 Å². The van der Waals surface area contributed by atoms with E-state index in [0.29, 0.717) is 24.3 Å². The molecule has 0 bridgehead atoms. The van der Waals surface area contributed by atoms with E-state index in [1.807, 2.05) is 30.3 Å². The van der Waals surface area contributed by atoms with Gasteiger partial charge < -0.3 is 14.8 Å². The van der Waals surface area contributed by atoms with Gasteiger partial charge >= 0.3 is 5.97 Å². The van der Waals surface area contributed by atoms with Crippen LogP contribution in [0.15, 0.2) is 54.6 Å². The average molecular weight is 383 g/mol. The number of carbonyl (C=O) groups excluding carboxylic acids is 3. The van der Waals surface area contributed by atoms with Crippen molar-refractivity contribution >= 4 is 23.3 Å². The van der Waals surface area contributed by atoms with E-state index < -0.39 is 5.97 Å². The molecule has 0 aliphatic rings. The molecule has 6 heteroatoms. The first-order chi connectivity index (χ1) is 13.5. The first kappa shape index (κ1) is 21.2. The van der Waals surface area contributed by atoms with Crippen molar-refractivity contribution < 1.29 is 23.9 Å². The summed E-state index contributed by atoms with van der Waals surface area (Å²) in [5.74, 6) is -0.205. The molecule has 0 saturated carbocycles. The van der Waals surface area contributed by atoms with E-state index in [2.05, 4.69) is 5.32 Å². The van der Waals surface area contributed by atoms with Crippen LogP contribution in [0.25, 0.3) is 0 Å². The maximum Gasteiger partial charge on any atom is 0.306 e. The summed E-state index contributed by atoms with van der Waals surface area (Å²) in [5, 5.41) is 2.75. The number of anilines is 1. The van der Waals surface area contributed by atoms with Gasteiger partial charge in [0.2, 0.25) is 5.91 Å². The van der Waals surface area contributed by atoms with Crippen LogP contribution >= 0.6 is 0 Å². The van der Waals surface area contributed by atoms with Crippen molar-refractivity contribution in [2.24, 2.45) is 5.92 Å². The largest absolute Gasteiger partial charge is 0.494 e. The summed E-state index contributed by atoms with van der Waals surface area (Å²) in [6.07, 6.45) is 0.687. The molecule has 2 aromatic carbocycles. The highest BCUT2D eigenvalue weighted by molar-refractivity contribution is 5.99. The number of ether oxygens (including phenoxy) is 2. The molecule has 1 amide bonds. The van der Waals surface area contributed by atoms with Crippen molar-refractivity contribution in [2.75, 3.05) is 18.5 Å². The molecule has 2 aromatic rings. The highest BCUT2D eigenvalue weighted by Gasteiger charge is 2.11. The molecule has 28 heavy (non-hydrogen) atoms. The number of benzene rings is 2. The Hall–Kier alpha value is -3.15. The fourth-order valence-corrected chi connectivity index (χ4v) is 2.25. The molecule has 0 fully saturated rings. The van der Waals surface area contributed by atoms with Crippen molar-refractivity contribution in [1.82, 2.24) is 0 Å². The highest BCUT2D eigenvalue weighted by Crippen LogP contribution is 2.12. The minimum atomic E-state index is -0.439. The summed E-state index contributed by atoms with van der Waals surface area (Å²) in [7, 11) is 0. The Bertz CT molecular complexity index is 784. The number of nitrogens with one attached hydrogen (secondary N) is 1. The van der Waals surface area contributed by atoms with Gasteiger partial charge in [-0.3, -0.25) is 14.4 Å². The van der Waals surface area contributed by atoms with Crippen LogP contribution < -0.4 is 10.1 Å². The second-order valence-corrected chi connectivity index (χ2v) is 6.57. The quantitative estimate of drug-likeness (QED) is 0.383. The predicted molar refractivity (Wildman–Crippen MR) is 106 cm³/mol. The van der Waals surface area contributed by atoms with Gasteiger partial charge in [-0.1, -0.05) is 32.0 Å². The lowest BCUT2D eigenvalue weighted by Gasteiger charge is -2.09. The fraction of sp³-hybridized carbons (Fsp3) is 0.318. The smallest absolute Gasteiger partial charge is 0.306 e. The second kappa shape index (κ2) is 10.9. The molecule has 0 unspecified atom stereocenters. The number of Topliss-reactive ketones (excluding diaryl/α,β-unsaturated/α-hetero) is 1. The lowest BCUT2D eigenvalue weighted by Crippen LogP contribution is -2.18. The molecule has 0 aliphatic carbocycles. The van der Waals surface area contributed by atoms with Crippen molar-refractivity contribution in [3.05, 3.63) is 60.2 Å². The summed E-state index contributed by atoms with van der Waals surface area (Å²) >= 11 is 0. The maximum atomic E-state index is 12.1. The highest BCUT2D eigenvalue weighted by atomic mass is 16.5. The van der Waals surface area contributed by atoms with E-state index in [4.69, 9.17) is 9.47 Å². The van der Waals surface area contributed by atoms with Crippen LogP contribution in [-0.4, -0.2) is 30.9 Å². The summed E-state index contributed by atoms with van der Waals surface area (Å²) in [6.45, 7) is 3.69. The third kappa shape index (κ3) is 7.23. The lowest BCUT2D eigenvalue weighted by molar-refractivity contribution is -0.142. The van der Waals surface area contributed by atoms with Crippen LogP contribution in [0.3, 0.4) is 0 Å². The molecular weight excluding hydrogens is 358 g/mol. The molecule has 0 heterocycles. The number of carbonyl (C=O) groups is 3. The first-order valence-electron chi connectivity index (χ1n) is 9.23.